The van der Waals surface area contributed by atoms with E-state index in [2.05, 4.69) is 20.3 Å². The van der Waals surface area contributed by atoms with E-state index in [0.29, 0.717) is 6.04 Å². The number of nitrogens with one attached hydrogen (secondary N) is 1. The first-order valence-corrected chi connectivity index (χ1v) is 5.59. The lowest BCUT2D eigenvalue weighted by atomic mass is 10.3. The van der Waals surface area contributed by atoms with E-state index < -0.39 is 0 Å². The van der Waals surface area contributed by atoms with E-state index in [4.69, 9.17) is 0 Å². The van der Waals surface area contributed by atoms with Gasteiger partial charge in [0.1, 0.15) is 5.52 Å². The molecule has 1 atom stereocenters. The molecule has 16 heavy (non-hydrogen) atoms. The highest BCUT2D eigenvalue weighted by molar-refractivity contribution is 5.68. The van der Waals surface area contributed by atoms with E-state index in [0.717, 1.165) is 24.4 Å². The molecule has 5 nitrogen and oxygen atoms in total. The smallest absolute Gasteiger partial charge is 0.154 e. The quantitative estimate of drug-likeness (QED) is 0.797. The number of likely N-dealkylation sites (N-methyl/N-ethyl adjacent to an activating group) is 1. The van der Waals surface area contributed by atoms with Gasteiger partial charge in [-0.1, -0.05) is 0 Å². The average Bonchev–Trinajstić information content (AvgIpc) is 2.97. The Labute approximate surface area is 94.1 Å². The van der Waals surface area contributed by atoms with Gasteiger partial charge in [0, 0.05) is 31.5 Å². The highest BCUT2D eigenvalue weighted by Crippen LogP contribution is 2.22. The predicted molar refractivity (Wildman–Crippen MR) is 62.7 cm³/mol. The van der Waals surface area contributed by atoms with Crippen LogP contribution in [0.5, 0.6) is 0 Å². The zero-order chi connectivity index (χ0) is 11.0. The van der Waals surface area contributed by atoms with E-state index in [1.54, 1.807) is 0 Å². The number of fused-ring (bicyclic) bond motifs is 1. The normalized spacial score (nSPS) is 20.8. The van der Waals surface area contributed by atoms with E-state index in [9.17, 15) is 0 Å². The van der Waals surface area contributed by atoms with Gasteiger partial charge in [-0.2, -0.15) is 5.10 Å². The van der Waals surface area contributed by atoms with E-state index >= 15 is 0 Å². The number of hydrogen-bond acceptors (Lipinski definition) is 4. The fraction of sp³-hybridized carbons (Fsp3) is 0.455. The summed E-state index contributed by atoms with van der Waals surface area (Å²) in [6.07, 6.45) is 6.67. The predicted octanol–water partition coefficient (Wildman–Crippen LogP) is 0.527. The lowest BCUT2D eigenvalue weighted by molar-refractivity contribution is 0.616. The molecule has 1 aliphatic rings. The summed E-state index contributed by atoms with van der Waals surface area (Å²) in [5.41, 5.74) is 1.08. The molecule has 0 saturated carbocycles. The molecule has 0 aromatic carbocycles. The average molecular weight is 217 g/mol. The molecule has 5 heteroatoms. The van der Waals surface area contributed by atoms with Crippen molar-refractivity contribution in [3.8, 4) is 0 Å². The fourth-order valence-corrected chi connectivity index (χ4v) is 2.28. The minimum Gasteiger partial charge on any atom is -0.353 e. The molecule has 0 spiro atoms. The Kier molecular flexibility index (Phi) is 2.25. The second kappa shape index (κ2) is 3.75. The summed E-state index contributed by atoms with van der Waals surface area (Å²) in [4.78, 5) is 6.78. The molecule has 1 unspecified atom stereocenters. The Morgan fingerprint density at radius 3 is 3.19 bits per heavy atom. The topological polar surface area (TPSA) is 45.5 Å². The third-order valence-corrected chi connectivity index (χ3v) is 3.20. The molecule has 1 fully saturated rings. The molecule has 0 amide bonds. The van der Waals surface area contributed by atoms with Crippen LogP contribution < -0.4 is 10.2 Å². The minimum atomic E-state index is 0.574. The Bertz CT molecular complexity index is 492. The van der Waals surface area contributed by atoms with Crippen LogP contribution in [0.2, 0.25) is 0 Å². The van der Waals surface area contributed by atoms with Crippen LogP contribution in [0.1, 0.15) is 6.42 Å². The van der Waals surface area contributed by atoms with Crippen molar-refractivity contribution in [1.29, 1.82) is 0 Å². The zero-order valence-corrected chi connectivity index (χ0v) is 9.30. The first kappa shape index (κ1) is 9.59. The lowest BCUT2D eigenvalue weighted by Crippen LogP contribution is -2.30. The van der Waals surface area contributed by atoms with Gasteiger partial charge in [0.15, 0.2) is 5.82 Å². The Morgan fingerprint density at radius 1 is 1.44 bits per heavy atom. The number of hydrogen-bond donors (Lipinski definition) is 1. The second-order valence-corrected chi connectivity index (χ2v) is 4.13. The fourth-order valence-electron chi connectivity index (χ4n) is 2.28. The molecular weight excluding hydrogens is 202 g/mol. The maximum Gasteiger partial charge on any atom is 0.154 e. The summed E-state index contributed by atoms with van der Waals surface area (Å²) in [5.74, 6) is 1.04. The summed E-state index contributed by atoms with van der Waals surface area (Å²) < 4.78 is 1.87. The van der Waals surface area contributed by atoms with Crippen molar-refractivity contribution in [2.24, 2.45) is 0 Å². The van der Waals surface area contributed by atoms with Crippen LogP contribution in [0.25, 0.3) is 5.52 Å². The molecule has 84 valence electrons. The molecule has 0 aliphatic carbocycles. The molecule has 3 rings (SSSR count). The van der Waals surface area contributed by atoms with Gasteiger partial charge in [0.25, 0.3) is 0 Å². The molecule has 2 aromatic heterocycles. The SMILES string of the molecule is CNC1CCN(c2nccn3nccc23)C1. The molecule has 1 aliphatic heterocycles. The van der Waals surface area contributed by atoms with Crippen LogP contribution in [-0.4, -0.2) is 40.8 Å². The number of aromatic nitrogens is 3. The minimum absolute atomic E-state index is 0.574. The van der Waals surface area contributed by atoms with Crippen LogP contribution in [-0.2, 0) is 0 Å². The van der Waals surface area contributed by atoms with Crippen LogP contribution in [0, 0.1) is 0 Å². The lowest BCUT2D eigenvalue weighted by Gasteiger charge is -2.17. The number of rotatable bonds is 2. The van der Waals surface area contributed by atoms with E-state index in [1.807, 2.05) is 36.2 Å². The second-order valence-electron chi connectivity index (χ2n) is 4.13. The van der Waals surface area contributed by atoms with Crippen molar-refractivity contribution in [2.45, 2.75) is 12.5 Å². The molecule has 1 N–H and O–H groups in total. The molecule has 3 heterocycles. The zero-order valence-electron chi connectivity index (χ0n) is 9.30. The third kappa shape index (κ3) is 1.44. The largest absolute Gasteiger partial charge is 0.353 e. The maximum absolute atomic E-state index is 4.47. The van der Waals surface area contributed by atoms with Crippen LogP contribution in [0.3, 0.4) is 0 Å². The van der Waals surface area contributed by atoms with Crippen molar-refractivity contribution in [1.82, 2.24) is 19.9 Å². The maximum atomic E-state index is 4.47. The highest BCUT2D eigenvalue weighted by Gasteiger charge is 2.23. The van der Waals surface area contributed by atoms with Crippen molar-refractivity contribution in [3.63, 3.8) is 0 Å². The molecule has 0 radical (unpaired) electrons. The first-order valence-electron chi connectivity index (χ1n) is 5.59. The molecule has 0 bridgehead atoms. The van der Waals surface area contributed by atoms with Gasteiger partial charge in [-0.3, -0.25) is 0 Å². The van der Waals surface area contributed by atoms with E-state index in [1.165, 1.54) is 6.42 Å². The molecular formula is C11H15N5. The standard InChI is InChI=1S/C11H15N5/c1-12-9-3-6-15(8-9)11-10-2-4-14-16(10)7-5-13-11/h2,4-5,7,9,12H,3,6,8H2,1H3. The summed E-state index contributed by atoms with van der Waals surface area (Å²) in [7, 11) is 2.01. The summed E-state index contributed by atoms with van der Waals surface area (Å²) >= 11 is 0. The molecule has 1 saturated heterocycles. The van der Waals surface area contributed by atoms with Gasteiger partial charge >= 0.3 is 0 Å². The van der Waals surface area contributed by atoms with Crippen LogP contribution >= 0.6 is 0 Å². The Balaban J connectivity index is 1.97. The van der Waals surface area contributed by atoms with Gasteiger partial charge in [-0.15, -0.1) is 0 Å². The van der Waals surface area contributed by atoms with E-state index in [-0.39, 0.29) is 0 Å². The molecule has 2 aromatic rings. The first-order chi connectivity index (χ1) is 7.88. The Morgan fingerprint density at radius 2 is 2.38 bits per heavy atom. The van der Waals surface area contributed by atoms with Crippen molar-refractivity contribution >= 4 is 11.3 Å². The Hall–Kier alpha value is -1.62. The van der Waals surface area contributed by atoms with Crippen molar-refractivity contribution in [3.05, 3.63) is 24.7 Å². The third-order valence-electron chi connectivity index (χ3n) is 3.20. The van der Waals surface area contributed by atoms with Gasteiger partial charge < -0.3 is 10.2 Å². The van der Waals surface area contributed by atoms with Gasteiger partial charge in [-0.05, 0) is 19.5 Å². The monoisotopic (exact) mass is 217 g/mol. The van der Waals surface area contributed by atoms with Gasteiger partial charge in [0.2, 0.25) is 0 Å². The van der Waals surface area contributed by atoms with Crippen molar-refractivity contribution in [2.75, 3.05) is 25.0 Å². The van der Waals surface area contributed by atoms with Crippen molar-refractivity contribution < 1.29 is 0 Å². The van der Waals surface area contributed by atoms with Gasteiger partial charge in [0.05, 0.1) is 6.20 Å². The summed E-state index contributed by atoms with van der Waals surface area (Å²) in [6.45, 7) is 2.08. The van der Waals surface area contributed by atoms with Crippen LogP contribution in [0.4, 0.5) is 5.82 Å². The highest BCUT2D eigenvalue weighted by atomic mass is 15.3. The summed E-state index contributed by atoms with van der Waals surface area (Å²) in [6, 6.07) is 2.58. The number of nitrogens with zero attached hydrogens (tertiary/aromatic N) is 4. The van der Waals surface area contributed by atoms with Crippen LogP contribution in [0.15, 0.2) is 24.7 Å². The number of anilines is 1. The summed E-state index contributed by atoms with van der Waals surface area (Å²) in [5, 5.41) is 7.54. The van der Waals surface area contributed by atoms with Gasteiger partial charge in [-0.25, -0.2) is 9.50 Å².